The maximum atomic E-state index is 12.2. The highest BCUT2D eigenvalue weighted by Gasteiger charge is 2.13. The number of benzene rings is 1. The maximum Gasteiger partial charge on any atom is 0.259 e. The number of rotatable bonds is 6. The van der Waals surface area contributed by atoms with Crippen molar-refractivity contribution in [2.45, 2.75) is 26.8 Å². The van der Waals surface area contributed by atoms with Gasteiger partial charge in [-0.3, -0.25) is 4.79 Å². The smallest absolute Gasteiger partial charge is 0.259 e. The third-order valence-electron chi connectivity index (χ3n) is 2.96. The number of hydrogen-bond acceptors (Lipinski definition) is 4. The molecule has 5 heteroatoms. The lowest BCUT2D eigenvalue weighted by Crippen LogP contribution is -2.12. The van der Waals surface area contributed by atoms with E-state index in [1.165, 1.54) is 6.26 Å². The third-order valence-corrected chi connectivity index (χ3v) is 2.96. The first-order chi connectivity index (χ1) is 10.1. The summed E-state index contributed by atoms with van der Waals surface area (Å²) >= 11 is 0. The molecule has 0 aliphatic carbocycles. The molecule has 0 aliphatic heterocycles. The van der Waals surface area contributed by atoms with Gasteiger partial charge in [0.1, 0.15) is 17.8 Å². The number of carbonyl (C=O) groups excluding carboxylic acids is 1. The zero-order valence-electron chi connectivity index (χ0n) is 12.3. The Morgan fingerprint density at radius 3 is 2.86 bits per heavy atom. The molecule has 1 aromatic carbocycles. The number of ether oxygens (including phenoxy) is 1. The molecular weight excluding hydrogens is 268 g/mol. The van der Waals surface area contributed by atoms with Gasteiger partial charge in [0.15, 0.2) is 0 Å². The highest BCUT2D eigenvalue weighted by molar-refractivity contribution is 6.04. The summed E-state index contributed by atoms with van der Waals surface area (Å²) in [5.74, 6) is 1.00. The summed E-state index contributed by atoms with van der Waals surface area (Å²) in [4.78, 5) is 12.2. The zero-order valence-corrected chi connectivity index (χ0v) is 12.3. The van der Waals surface area contributed by atoms with Crippen molar-refractivity contribution < 1.29 is 13.9 Å². The molecule has 0 fully saturated rings. The molecule has 0 atom stereocenters. The van der Waals surface area contributed by atoms with Crippen molar-refractivity contribution in [3.05, 3.63) is 47.4 Å². The fourth-order valence-electron chi connectivity index (χ4n) is 1.87. The minimum absolute atomic E-state index is 0.247. The van der Waals surface area contributed by atoms with Crippen molar-refractivity contribution in [1.82, 2.24) is 0 Å². The average Bonchev–Trinajstić information content (AvgIpc) is 2.96. The van der Waals surface area contributed by atoms with E-state index in [0.717, 1.165) is 12.0 Å². The number of nitrogens with one attached hydrogen (secondary N) is 1. The second-order valence-corrected chi connectivity index (χ2v) is 4.81. The van der Waals surface area contributed by atoms with Gasteiger partial charge in [-0.15, -0.1) is 0 Å². The van der Waals surface area contributed by atoms with Crippen LogP contribution in [0.3, 0.4) is 0 Å². The Morgan fingerprint density at radius 2 is 2.19 bits per heavy atom. The zero-order chi connectivity index (χ0) is 15.2. The first kappa shape index (κ1) is 15.1. The van der Waals surface area contributed by atoms with Gasteiger partial charge in [-0.05, 0) is 37.1 Å². The molecule has 2 rings (SSSR count). The van der Waals surface area contributed by atoms with E-state index in [1.54, 1.807) is 6.07 Å². The topological polar surface area (TPSA) is 77.5 Å². The molecule has 1 heterocycles. The van der Waals surface area contributed by atoms with E-state index in [2.05, 4.69) is 5.32 Å². The van der Waals surface area contributed by atoms with E-state index in [-0.39, 0.29) is 12.5 Å². The van der Waals surface area contributed by atoms with Crippen LogP contribution < -0.4 is 15.8 Å². The molecule has 3 N–H and O–H groups in total. The lowest BCUT2D eigenvalue weighted by molar-refractivity contribution is 0.102. The minimum Gasteiger partial charge on any atom is -0.491 e. The number of furan rings is 1. The van der Waals surface area contributed by atoms with Crippen LogP contribution >= 0.6 is 0 Å². The summed E-state index contributed by atoms with van der Waals surface area (Å²) in [5, 5.41) is 2.84. The number of nitrogens with two attached hydrogens (primary N) is 1. The van der Waals surface area contributed by atoms with Crippen molar-refractivity contribution in [3.8, 4) is 5.75 Å². The number of anilines is 1. The highest BCUT2D eigenvalue weighted by atomic mass is 16.5. The van der Waals surface area contributed by atoms with Gasteiger partial charge in [0.05, 0.1) is 24.4 Å². The minimum atomic E-state index is -0.247. The summed E-state index contributed by atoms with van der Waals surface area (Å²) in [6.07, 6.45) is 2.31. The van der Waals surface area contributed by atoms with Crippen LogP contribution in [-0.2, 0) is 6.54 Å². The molecule has 1 aromatic heterocycles. The molecular formula is C16H20N2O3. The third kappa shape index (κ3) is 3.86. The van der Waals surface area contributed by atoms with Crippen molar-refractivity contribution >= 4 is 11.6 Å². The predicted molar refractivity (Wildman–Crippen MR) is 81.5 cm³/mol. The molecule has 0 spiro atoms. The Balaban J connectivity index is 2.16. The molecule has 1 amide bonds. The molecule has 0 aliphatic rings. The fourth-order valence-corrected chi connectivity index (χ4v) is 1.87. The fraction of sp³-hybridized carbons (Fsp3) is 0.312. The lowest BCUT2D eigenvalue weighted by Gasteiger charge is -2.12. The number of aryl methyl sites for hydroxylation is 1. The monoisotopic (exact) mass is 288 g/mol. The normalized spacial score (nSPS) is 10.4. The molecule has 2 aromatic rings. The van der Waals surface area contributed by atoms with E-state index in [1.807, 2.05) is 32.0 Å². The van der Waals surface area contributed by atoms with Crippen LogP contribution in [0.5, 0.6) is 5.75 Å². The van der Waals surface area contributed by atoms with Crippen LogP contribution in [0.1, 0.15) is 35.0 Å². The summed E-state index contributed by atoms with van der Waals surface area (Å²) in [6.45, 7) is 4.89. The van der Waals surface area contributed by atoms with Crippen LogP contribution in [-0.4, -0.2) is 12.5 Å². The highest BCUT2D eigenvalue weighted by Crippen LogP contribution is 2.26. The second kappa shape index (κ2) is 6.95. The van der Waals surface area contributed by atoms with Gasteiger partial charge < -0.3 is 20.2 Å². The van der Waals surface area contributed by atoms with Crippen LogP contribution in [0.2, 0.25) is 0 Å². The maximum absolute atomic E-state index is 12.2. The molecule has 0 unspecified atom stereocenters. The largest absolute Gasteiger partial charge is 0.491 e. The van der Waals surface area contributed by atoms with E-state index < -0.39 is 0 Å². The summed E-state index contributed by atoms with van der Waals surface area (Å²) < 4.78 is 10.8. The van der Waals surface area contributed by atoms with E-state index in [0.29, 0.717) is 29.4 Å². The number of amides is 1. The molecule has 21 heavy (non-hydrogen) atoms. The van der Waals surface area contributed by atoms with E-state index in [9.17, 15) is 4.79 Å². The Kier molecular flexibility index (Phi) is 5.00. The van der Waals surface area contributed by atoms with Gasteiger partial charge in [-0.25, -0.2) is 0 Å². The summed E-state index contributed by atoms with van der Waals surface area (Å²) in [7, 11) is 0. The van der Waals surface area contributed by atoms with Gasteiger partial charge in [0, 0.05) is 0 Å². The molecule has 0 saturated carbocycles. The Morgan fingerprint density at radius 1 is 1.38 bits per heavy atom. The summed E-state index contributed by atoms with van der Waals surface area (Å²) in [5.41, 5.74) is 7.63. The molecule has 0 saturated heterocycles. The van der Waals surface area contributed by atoms with Crippen LogP contribution in [0.4, 0.5) is 5.69 Å². The Labute approximate surface area is 124 Å². The summed E-state index contributed by atoms with van der Waals surface area (Å²) in [6, 6.07) is 7.30. The van der Waals surface area contributed by atoms with Gasteiger partial charge in [0.25, 0.3) is 5.91 Å². The quantitative estimate of drug-likeness (QED) is 0.856. The molecule has 5 nitrogen and oxygen atoms in total. The second-order valence-electron chi connectivity index (χ2n) is 4.81. The Bertz CT molecular complexity index is 620. The lowest BCUT2D eigenvalue weighted by atomic mass is 10.2. The van der Waals surface area contributed by atoms with Crippen molar-refractivity contribution in [2.75, 3.05) is 11.9 Å². The Hall–Kier alpha value is -2.27. The van der Waals surface area contributed by atoms with Crippen molar-refractivity contribution in [2.24, 2.45) is 5.73 Å². The van der Waals surface area contributed by atoms with Gasteiger partial charge in [-0.2, -0.15) is 0 Å². The van der Waals surface area contributed by atoms with Gasteiger partial charge >= 0.3 is 0 Å². The van der Waals surface area contributed by atoms with Crippen molar-refractivity contribution in [1.29, 1.82) is 0 Å². The molecule has 0 radical (unpaired) electrons. The van der Waals surface area contributed by atoms with Gasteiger partial charge in [0.2, 0.25) is 0 Å². The first-order valence-corrected chi connectivity index (χ1v) is 6.96. The van der Waals surface area contributed by atoms with E-state index >= 15 is 0 Å². The van der Waals surface area contributed by atoms with E-state index in [4.69, 9.17) is 14.9 Å². The van der Waals surface area contributed by atoms with Crippen LogP contribution in [0.25, 0.3) is 0 Å². The molecule has 112 valence electrons. The molecule has 0 bridgehead atoms. The average molecular weight is 288 g/mol. The number of hydrogen-bond donors (Lipinski definition) is 2. The predicted octanol–water partition coefficient (Wildman–Crippen LogP) is 3.09. The van der Waals surface area contributed by atoms with Gasteiger partial charge in [-0.1, -0.05) is 13.0 Å². The van der Waals surface area contributed by atoms with Crippen LogP contribution in [0.15, 0.2) is 34.9 Å². The number of carbonyl (C=O) groups is 1. The standard InChI is InChI=1S/C16H20N2O3/c1-3-6-20-15-7-11(2)4-5-14(15)18-16(19)12-8-13(9-17)21-10-12/h4-5,7-8,10H,3,6,9,17H2,1-2H3,(H,18,19). The first-order valence-electron chi connectivity index (χ1n) is 6.96. The van der Waals surface area contributed by atoms with Crippen LogP contribution in [0, 0.1) is 6.92 Å². The SMILES string of the molecule is CCCOc1cc(C)ccc1NC(=O)c1coc(CN)c1. The van der Waals surface area contributed by atoms with Crippen molar-refractivity contribution in [3.63, 3.8) is 0 Å².